The lowest BCUT2D eigenvalue weighted by Gasteiger charge is -2.18. The number of aryl methyl sites for hydroxylation is 1. The van der Waals surface area contributed by atoms with Crippen LogP contribution in [0.3, 0.4) is 0 Å². The average molecular weight is 271 g/mol. The first-order valence-corrected chi connectivity index (χ1v) is 6.40. The van der Waals surface area contributed by atoms with Crippen LogP contribution in [0.4, 0.5) is 4.39 Å². The molecule has 2 rings (SSSR count). The van der Waals surface area contributed by atoms with E-state index in [1.165, 1.54) is 18.4 Å². The van der Waals surface area contributed by atoms with Gasteiger partial charge in [-0.25, -0.2) is 4.39 Å². The first-order chi connectivity index (χ1) is 7.08. The quantitative estimate of drug-likeness (QED) is 0.664. The van der Waals surface area contributed by atoms with Gasteiger partial charge in [0.05, 0.1) is 0 Å². The molecular formula is C13H16BrF. The van der Waals surface area contributed by atoms with E-state index in [9.17, 15) is 4.39 Å². The van der Waals surface area contributed by atoms with Gasteiger partial charge in [0.15, 0.2) is 0 Å². The predicted molar refractivity (Wildman–Crippen MR) is 65.0 cm³/mol. The van der Waals surface area contributed by atoms with Crippen LogP contribution in [-0.2, 0) is 0 Å². The van der Waals surface area contributed by atoms with Gasteiger partial charge in [0.2, 0.25) is 0 Å². The third kappa shape index (κ3) is 2.25. The molecule has 1 aliphatic carbocycles. The van der Waals surface area contributed by atoms with Gasteiger partial charge in [-0.2, -0.15) is 0 Å². The summed E-state index contributed by atoms with van der Waals surface area (Å²) in [5.41, 5.74) is 2.19. The van der Waals surface area contributed by atoms with Gasteiger partial charge in [-0.05, 0) is 54.9 Å². The summed E-state index contributed by atoms with van der Waals surface area (Å²) in [5.74, 6) is 1.02. The molecule has 0 N–H and O–H groups in total. The molecule has 0 heterocycles. The van der Waals surface area contributed by atoms with Crippen molar-refractivity contribution in [2.75, 3.05) is 0 Å². The van der Waals surface area contributed by atoms with Crippen molar-refractivity contribution in [2.45, 2.75) is 37.4 Å². The minimum Gasteiger partial charge on any atom is -0.207 e. The van der Waals surface area contributed by atoms with Crippen LogP contribution in [0.2, 0.25) is 0 Å². The minimum absolute atomic E-state index is 0.102. The monoisotopic (exact) mass is 270 g/mol. The Hall–Kier alpha value is -0.370. The van der Waals surface area contributed by atoms with Crippen molar-refractivity contribution in [2.24, 2.45) is 5.92 Å². The lowest BCUT2D eigenvalue weighted by molar-refractivity contribution is 0.538. The van der Waals surface area contributed by atoms with Crippen LogP contribution in [0.25, 0.3) is 0 Å². The van der Waals surface area contributed by atoms with Gasteiger partial charge in [-0.1, -0.05) is 28.9 Å². The Bertz CT molecular complexity index is 341. The van der Waals surface area contributed by atoms with Crippen LogP contribution in [0.5, 0.6) is 0 Å². The van der Waals surface area contributed by atoms with Crippen molar-refractivity contribution in [1.82, 2.24) is 0 Å². The second kappa shape index (κ2) is 4.25. The Labute approximate surface area is 99.0 Å². The smallest absolute Gasteiger partial charge is 0.123 e. The number of hydrogen-bond donors (Lipinski definition) is 0. The van der Waals surface area contributed by atoms with Gasteiger partial charge in [0.1, 0.15) is 5.82 Å². The van der Waals surface area contributed by atoms with E-state index in [1.807, 2.05) is 6.92 Å². The molecule has 0 radical (unpaired) electrons. The maximum absolute atomic E-state index is 13.3. The van der Waals surface area contributed by atoms with Crippen molar-refractivity contribution in [3.05, 3.63) is 35.1 Å². The Morgan fingerprint density at radius 1 is 1.27 bits per heavy atom. The zero-order valence-corrected chi connectivity index (χ0v) is 10.7. The fraction of sp³-hybridized carbons (Fsp3) is 0.538. The van der Waals surface area contributed by atoms with E-state index in [1.54, 1.807) is 12.1 Å². The van der Waals surface area contributed by atoms with Crippen LogP contribution in [0.1, 0.15) is 36.8 Å². The molecule has 1 aromatic carbocycles. The SMILES string of the molecule is Cc1cc(F)cc(C2CCC(Br)C2C)c1. The molecule has 3 unspecified atom stereocenters. The molecule has 0 aromatic heterocycles. The molecule has 2 heteroatoms. The highest BCUT2D eigenvalue weighted by molar-refractivity contribution is 9.09. The average Bonchev–Trinajstić information content (AvgIpc) is 2.46. The third-order valence-corrected chi connectivity index (χ3v) is 4.74. The third-order valence-electron chi connectivity index (χ3n) is 3.45. The number of hydrogen-bond acceptors (Lipinski definition) is 0. The molecule has 0 amide bonds. The molecule has 1 aromatic rings. The Morgan fingerprint density at radius 2 is 2.00 bits per heavy atom. The predicted octanol–water partition coefficient (Wildman–Crippen LogP) is 4.41. The standard InChI is InChI=1S/C13H16BrF/c1-8-5-10(7-11(15)6-8)12-3-4-13(14)9(12)2/h5-7,9,12-13H,3-4H2,1-2H3. The molecule has 82 valence electrons. The summed E-state index contributed by atoms with van der Waals surface area (Å²) in [6.45, 7) is 4.20. The summed E-state index contributed by atoms with van der Waals surface area (Å²) in [6, 6.07) is 5.41. The molecule has 0 bridgehead atoms. The fourth-order valence-corrected chi connectivity index (χ4v) is 3.20. The van der Waals surface area contributed by atoms with Crippen LogP contribution in [0, 0.1) is 18.7 Å². The number of halogens is 2. The first kappa shape index (κ1) is 11.1. The summed E-state index contributed by atoms with van der Waals surface area (Å²) in [4.78, 5) is 0.589. The van der Waals surface area contributed by atoms with E-state index in [-0.39, 0.29) is 5.82 Å². The zero-order chi connectivity index (χ0) is 11.0. The zero-order valence-electron chi connectivity index (χ0n) is 9.13. The van der Waals surface area contributed by atoms with Gasteiger partial charge in [-0.15, -0.1) is 0 Å². The molecule has 1 fully saturated rings. The van der Waals surface area contributed by atoms with E-state index in [4.69, 9.17) is 0 Å². The Morgan fingerprint density at radius 3 is 2.53 bits per heavy atom. The lowest BCUT2D eigenvalue weighted by atomic mass is 9.89. The second-order valence-electron chi connectivity index (χ2n) is 4.62. The molecule has 0 spiro atoms. The van der Waals surface area contributed by atoms with E-state index >= 15 is 0 Å². The van der Waals surface area contributed by atoms with E-state index < -0.39 is 0 Å². The summed E-state index contributed by atoms with van der Waals surface area (Å²) in [5, 5.41) is 0. The van der Waals surface area contributed by atoms with Gasteiger partial charge in [-0.3, -0.25) is 0 Å². The lowest BCUT2D eigenvalue weighted by Crippen LogP contribution is -2.09. The summed E-state index contributed by atoms with van der Waals surface area (Å²) in [7, 11) is 0. The van der Waals surface area contributed by atoms with E-state index in [2.05, 4.69) is 28.9 Å². The van der Waals surface area contributed by atoms with Crippen LogP contribution < -0.4 is 0 Å². The number of alkyl halides is 1. The van der Waals surface area contributed by atoms with Crippen LogP contribution >= 0.6 is 15.9 Å². The molecule has 1 aliphatic rings. The van der Waals surface area contributed by atoms with Crippen molar-refractivity contribution in [1.29, 1.82) is 0 Å². The molecule has 3 atom stereocenters. The van der Waals surface area contributed by atoms with Crippen molar-refractivity contribution in [3.8, 4) is 0 Å². The van der Waals surface area contributed by atoms with Gasteiger partial charge in [0.25, 0.3) is 0 Å². The second-order valence-corrected chi connectivity index (χ2v) is 5.80. The molecule has 1 saturated carbocycles. The van der Waals surface area contributed by atoms with E-state index in [0.717, 1.165) is 5.56 Å². The van der Waals surface area contributed by atoms with Gasteiger partial charge < -0.3 is 0 Å². The highest BCUT2D eigenvalue weighted by Crippen LogP contribution is 2.43. The topological polar surface area (TPSA) is 0 Å². The maximum Gasteiger partial charge on any atom is 0.123 e. The molecule has 0 aliphatic heterocycles. The molecule has 0 nitrogen and oxygen atoms in total. The van der Waals surface area contributed by atoms with Crippen molar-refractivity contribution in [3.63, 3.8) is 0 Å². The first-order valence-electron chi connectivity index (χ1n) is 5.49. The normalized spacial score (nSPS) is 30.8. The Balaban J connectivity index is 2.30. The van der Waals surface area contributed by atoms with Gasteiger partial charge in [0, 0.05) is 4.83 Å². The number of benzene rings is 1. The van der Waals surface area contributed by atoms with Gasteiger partial charge >= 0.3 is 0 Å². The molecule has 15 heavy (non-hydrogen) atoms. The Kier molecular flexibility index (Phi) is 3.15. The van der Waals surface area contributed by atoms with Crippen LogP contribution in [0.15, 0.2) is 18.2 Å². The highest BCUT2D eigenvalue weighted by atomic mass is 79.9. The highest BCUT2D eigenvalue weighted by Gasteiger charge is 2.32. The van der Waals surface area contributed by atoms with Crippen molar-refractivity contribution < 1.29 is 4.39 Å². The largest absolute Gasteiger partial charge is 0.207 e. The maximum atomic E-state index is 13.3. The summed E-state index contributed by atoms with van der Waals surface area (Å²) >= 11 is 3.68. The molecule has 0 saturated heterocycles. The number of rotatable bonds is 1. The fourth-order valence-electron chi connectivity index (χ4n) is 2.57. The summed E-state index contributed by atoms with van der Waals surface area (Å²) in [6.07, 6.45) is 2.36. The minimum atomic E-state index is -0.102. The summed E-state index contributed by atoms with van der Waals surface area (Å²) < 4.78 is 13.3. The van der Waals surface area contributed by atoms with Crippen LogP contribution in [-0.4, -0.2) is 4.83 Å². The van der Waals surface area contributed by atoms with Crippen molar-refractivity contribution >= 4 is 15.9 Å². The molecular weight excluding hydrogens is 255 g/mol. The van der Waals surface area contributed by atoms with E-state index in [0.29, 0.717) is 16.7 Å².